The van der Waals surface area contributed by atoms with E-state index < -0.39 is 0 Å². The molecule has 0 spiro atoms. The van der Waals surface area contributed by atoms with Crippen LogP contribution in [0.5, 0.6) is 11.5 Å². The highest BCUT2D eigenvalue weighted by molar-refractivity contribution is 5.95. The van der Waals surface area contributed by atoms with E-state index in [2.05, 4.69) is 6.07 Å². The van der Waals surface area contributed by atoms with E-state index in [9.17, 15) is 4.79 Å². The molecule has 0 aliphatic heterocycles. The largest absolute Gasteiger partial charge is 0.490 e. The summed E-state index contributed by atoms with van der Waals surface area (Å²) in [5.74, 6) is 1.11. The van der Waals surface area contributed by atoms with Crippen molar-refractivity contribution in [3.63, 3.8) is 0 Å². The number of carbonyl (C=O) groups is 1. The smallest absolute Gasteiger partial charge is 0.254 e. The van der Waals surface area contributed by atoms with Gasteiger partial charge in [0.25, 0.3) is 5.91 Å². The maximum Gasteiger partial charge on any atom is 0.254 e. The van der Waals surface area contributed by atoms with Crippen LogP contribution in [0.15, 0.2) is 18.2 Å². The second kappa shape index (κ2) is 8.85. The lowest BCUT2D eigenvalue weighted by Crippen LogP contribution is -2.31. The highest BCUT2D eigenvalue weighted by atomic mass is 16.5. The van der Waals surface area contributed by atoms with Gasteiger partial charge in [-0.05, 0) is 39.0 Å². The van der Waals surface area contributed by atoms with Gasteiger partial charge in [-0.1, -0.05) is 0 Å². The molecule has 0 radical (unpaired) electrons. The van der Waals surface area contributed by atoms with E-state index in [1.165, 1.54) is 0 Å². The van der Waals surface area contributed by atoms with Crippen molar-refractivity contribution in [1.82, 2.24) is 4.90 Å². The molecule has 0 unspecified atom stereocenters. The molecule has 1 amide bonds. The number of amides is 1. The SMILES string of the molecule is CCOc1ccc(C(=O)N(CC)CCC#N)cc1OCC. The molecule has 0 N–H and O–H groups in total. The molecule has 0 heterocycles. The van der Waals surface area contributed by atoms with Crippen molar-refractivity contribution in [3.8, 4) is 17.6 Å². The first-order chi connectivity index (χ1) is 10.2. The van der Waals surface area contributed by atoms with Crippen molar-refractivity contribution in [2.45, 2.75) is 27.2 Å². The minimum Gasteiger partial charge on any atom is -0.490 e. The Hall–Kier alpha value is -2.22. The van der Waals surface area contributed by atoms with Gasteiger partial charge in [-0.15, -0.1) is 0 Å². The standard InChI is InChI=1S/C16H22N2O3/c1-4-18(11-7-10-17)16(19)13-8-9-14(20-5-2)15(12-13)21-6-3/h8-9,12H,4-7,11H2,1-3H3. The summed E-state index contributed by atoms with van der Waals surface area (Å²) in [6.07, 6.45) is 0.328. The van der Waals surface area contributed by atoms with Gasteiger partial charge in [0.05, 0.1) is 25.7 Å². The van der Waals surface area contributed by atoms with Gasteiger partial charge in [0.15, 0.2) is 11.5 Å². The van der Waals surface area contributed by atoms with Gasteiger partial charge in [0.2, 0.25) is 0 Å². The van der Waals surface area contributed by atoms with Crippen LogP contribution in [-0.2, 0) is 0 Å². The summed E-state index contributed by atoms with van der Waals surface area (Å²) < 4.78 is 11.0. The summed E-state index contributed by atoms with van der Waals surface area (Å²) in [7, 11) is 0. The first-order valence-electron chi connectivity index (χ1n) is 7.23. The number of ether oxygens (including phenoxy) is 2. The molecule has 0 aliphatic carbocycles. The Kier molecular flexibility index (Phi) is 7.10. The molecular formula is C16H22N2O3. The van der Waals surface area contributed by atoms with Crippen LogP contribution in [0, 0.1) is 11.3 Å². The molecule has 0 aliphatic rings. The van der Waals surface area contributed by atoms with Crippen molar-refractivity contribution in [3.05, 3.63) is 23.8 Å². The molecule has 5 heteroatoms. The van der Waals surface area contributed by atoms with Gasteiger partial charge < -0.3 is 14.4 Å². The van der Waals surface area contributed by atoms with E-state index in [1.54, 1.807) is 23.1 Å². The number of rotatable bonds is 8. The van der Waals surface area contributed by atoms with Crippen LogP contribution in [0.2, 0.25) is 0 Å². The van der Waals surface area contributed by atoms with Gasteiger partial charge in [0, 0.05) is 18.7 Å². The van der Waals surface area contributed by atoms with Gasteiger partial charge >= 0.3 is 0 Å². The first-order valence-corrected chi connectivity index (χ1v) is 7.23. The van der Waals surface area contributed by atoms with Gasteiger partial charge in [0.1, 0.15) is 0 Å². The molecular weight excluding hydrogens is 268 g/mol. The molecule has 1 aromatic carbocycles. The Morgan fingerprint density at radius 2 is 1.86 bits per heavy atom. The Balaban J connectivity index is 2.98. The second-order valence-electron chi connectivity index (χ2n) is 4.32. The zero-order valence-corrected chi connectivity index (χ0v) is 12.9. The van der Waals surface area contributed by atoms with Crippen molar-refractivity contribution in [2.75, 3.05) is 26.3 Å². The summed E-state index contributed by atoms with van der Waals surface area (Å²) in [6.45, 7) is 7.72. The summed E-state index contributed by atoms with van der Waals surface area (Å²) in [4.78, 5) is 14.1. The average Bonchev–Trinajstić information content (AvgIpc) is 2.50. The summed E-state index contributed by atoms with van der Waals surface area (Å²) >= 11 is 0. The number of carbonyl (C=O) groups excluding carboxylic acids is 1. The Bertz CT molecular complexity index is 509. The van der Waals surface area contributed by atoms with Crippen LogP contribution >= 0.6 is 0 Å². The molecule has 0 fully saturated rings. The fourth-order valence-electron chi connectivity index (χ4n) is 1.95. The van der Waals surface area contributed by atoms with Gasteiger partial charge in [-0.3, -0.25) is 4.79 Å². The number of nitrogens with zero attached hydrogens (tertiary/aromatic N) is 2. The van der Waals surface area contributed by atoms with E-state index >= 15 is 0 Å². The van der Waals surface area contributed by atoms with Crippen LogP contribution in [0.4, 0.5) is 0 Å². The number of benzene rings is 1. The molecule has 0 atom stereocenters. The molecule has 0 saturated heterocycles. The lowest BCUT2D eigenvalue weighted by atomic mass is 10.1. The maximum absolute atomic E-state index is 12.4. The second-order valence-corrected chi connectivity index (χ2v) is 4.32. The van der Waals surface area contributed by atoms with Crippen LogP contribution in [0.25, 0.3) is 0 Å². The Morgan fingerprint density at radius 3 is 2.43 bits per heavy atom. The van der Waals surface area contributed by atoms with Crippen LogP contribution in [-0.4, -0.2) is 37.1 Å². The molecule has 0 saturated carbocycles. The monoisotopic (exact) mass is 290 g/mol. The number of hydrogen-bond donors (Lipinski definition) is 0. The molecule has 0 aromatic heterocycles. The van der Waals surface area contributed by atoms with E-state index in [0.29, 0.717) is 49.8 Å². The summed E-state index contributed by atoms with van der Waals surface area (Å²) in [6, 6.07) is 7.23. The quantitative estimate of drug-likeness (QED) is 0.738. The molecule has 1 aromatic rings. The fraction of sp³-hybridized carbons (Fsp3) is 0.500. The zero-order valence-electron chi connectivity index (χ0n) is 12.9. The van der Waals surface area contributed by atoms with Crippen molar-refractivity contribution in [1.29, 1.82) is 5.26 Å². The molecule has 5 nitrogen and oxygen atoms in total. The normalized spacial score (nSPS) is 9.81. The van der Waals surface area contributed by atoms with E-state index in [0.717, 1.165) is 0 Å². The molecule has 114 valence electrons. The van der Waals surface area contributed by atoms with E-state index in [1.807, 2.05) is 20.8 Å². The first kappa shape index (κ1) is 16.8. The van der Waals surface area contributed by atoms with Crippen LogP contribution < -0.4 is 9.47 Å². The minimum atomic E-state index is -0.100. The maximum atomic E-state index is 12.4. The van der Waals surface area contributed by atoms with Gasteiger partial charge in [-0.2, -0.15) is 5.26 Å². The highest BCUT2D eigenvalue weighted by Gasteiger charge is 2.16. The van der Waals surface area contributed by atoms with E-state index in [-0.39, 0.29) is 5.91 Å². The topological polar surface area (TPSA) is 62.6 Å². The molecule has 1 rings (SSSR count). The van der Waals surface area contributed by atoms with Crippen molar-refractivity contribution in [2.24, 2.45) is 0 Å². The highest BCUT2D eigenvalue weighted by Crippen LogP contribution is 2.29. The third-order valence-corrected chi connectivity index (χ3v) is 2.95. The Morgan fingerprint density at radius 1 is 1.19 bits per heavy atom. The minimum absolute atomic E-state index is 0.100. The van der Waals surface area contributed by atoms with Crippen molar-refractivity contribution >= 4 is 5.91 Å². The third kappa shape index (κ3) is 4.67. The number of nitriles is 1. The van der Waals surface area contributed by atoms with E-state index in [4.69, 9.17) is 14.7 Å². The van der Waals surface area contributed by atoms with Gasteiger partial charge in [-0.25, -0.2) is 0 Å². The summed E-state index contributed by atoms with van der Waals surface area (Å²) in [5, 5.41) is 8.65. The average molecular weight is 290 g/mol. The summed E-state index contributed by atoms with van der Waals surface area (Å²) in [5.41, 5.74) is 0.543. The third-order valence-electron chi connectivity index (χ3n) is 2.95. The predicted octanol–water partition coefficient (Wildman–Crippen LogP) is 2.86. The van der Waals surface area contributed by atoms with Crippen LogP contribution in [0.1, 0.15) is 37.6 Å². The number of hydrogen-bond acceptors (Lipinski definition) is 4. The van der Waals surface area contributed by atoms with Crippen LogP contribution in [0.3, 0.4) is 0 Å². The van der Waals surface area contributed by atoms with Crippen molar-refractivity contribution < 1.29 is 14.3 Å². The molecule has 0 bridgehead atoms. The zero-order chi connectivity index (χ0) is 15.7. The molecule has 21 heavy (non-hydrogen) atoms. The Labute approximate surface area is 126 Å². The fourth-order valence-corrected chi connectivity index (χ4v) is 1.95. The lowest BCUT2D eigenvalue weighted by molar-refractivity contribution is 0.0767. The predicted molar refractivity (Wildman–Crippen MR) is 80.6 cm³/mol. The lowest BCUT2D eigenvalue weighted by Gasteiger charge is -2.20.